The number of hydrogen-bond donors (Lipinski definition) is 1. The van der Waals surface area contributed by atoms with E-state index < -0.39 is 0 Å². The van der Waals surface area contributed by atoms with Gasteiger partial charge in [-0.2, -0.15) is 0 Å². The Morgan fingerprint density at radius 3 is 2.68 bits per heavy atom. The zero-order valence-corrected chi connectivity index (χ0v) is 13.3. The zero-order chi connectivity index (χ0) is 15.4. The molecule has 0 saturated carbocycles. The van der Waals surface area contributed by atoms with Crippen molar-refractivity contribution in [3.63, 3.8) is 0 Å². The van der Waals surface area contributed by atoms with Gasteiger partial charge in [-0.05, 0) is 31.4 Å². The maximum atomic E-state index is 12.1. The van der Waals surface area contributed by atoms with E-state index >= 15 is 0 Å². The predicted octanol–water partition coefficient (Wildman–Crippen LogP) is 1.86. The average molecular weight is 303 g/mol. The summed E-state index contributed by atoms with van der Waals surface area (Å²) < 4.78 is 5.27. The van der Waals surface area contributed by atoms with Crippen LogP contribution in [0.25, 0.3) is 0 Å². The lowest BCUT2D eigenvalue weighted by Crippen LogP contribution is -2.47. The Hall–Kier alpha value is -1.75. The maximum absolute atomic E-state index is 12.1. The van der Waals surface area contributed by atoms with Crippen molar-refractivity contribution in [2.24, 2.45) is 5.92 Å². The number of anilines is 1. The molecule has 1 atom stereocenters. The van der Waals surface area contributed by atoms with Gasteiger partial charge in [0.2, 0.25) is 0 Å². The van der Waals surface area contributed by atoms with E-state index in [1.807, 2.05) is 4.90 Å². The molecule has 1 unspecified atom stereocenters. The number of urea groups is 1. The van der Waals surface area contributed by atoms with Gasteiger partial charge in [0, 0.05) is 38.4 Å². The van der Waals surface area contributed by atoms with Gasteiger partial charge in [-0.25, -0.2) is 4.79 Å². The van der Waals surface area contributed by atoms with Crippen LogP contribution in [0, 0.1) is 12.8 Å². The minimum atomic E-state index is 0.0529. The van der Waals surface area contributed by atoms with E-state index in [1.54, 1.807) is 0 Å². The van der Waals surface area contributed by atoms with Gasteiger partial charge in [0.1, 0.15) is 0 Å². The van der Waals surface area contributed by atoms with Crippen molar-refractivity contribution < 1.29 is 9.53 Å². The summed E-state index contributed by atoms with van der Waals surface area (Å²) in [5.41, 5.74) is 2.57. The van der Waals surface area contributed by atoms with Crippen molar-refractivity contribution >= 4 is 11.7 Å². The molecule has 2 fully saturated rings. The first-order chi connectivity index (χ1) is 10.7. The predicted molar refractivity (Wildman–Crippen MR) is 87.3 cm³/mol. The number of carbonyl (C=O) groups excluding carboxylic acids is 1. The Morgan fingerprint density at radius 1 is 1.23 bits per heavy atom. The van der Waals surface area contributed by atoms with Crippen LogP contribution in [0.2, 0.25) is 0 Å². The minimum Gasteiger partial charge on any atom is -0.378 e. The van der Waals surface area contributed by atoms with Crippen molar-refractivity contribution in [1.82, 2.24) is 10.2 Å². The number of morpholine rings is 1. The Bertz CT molecular complexity index is 497. The summed E-state index contributed by atoms with van der Waals surface area (Å²) in [4.78, 5) is 16.3. The van der Waals surface area contributed by atoms with Gasteiger partial charge < -0.3 is 19.9 Å². The van der Waals surface area contributed by atoms with E-state index in [4.69, 9.17) is 4.74 Å². The van der Waals surface area contributed by atoms with Gasteiger partial charge in [-0.3, -0.25) is 0 Å². The van der Waals surface area contributed by atoms with Crippen LogP contribution < -0.4 is 10.2 Å². The molecule has 0 aliphatic carbocycles. The zero-order valence-electron chi connectivity index (χ0n) is 13.3. The SMILES string of the molecule is Cc1ccc(N2CCC(CNC(=O)N3CCOCC3)C2)cc1. The van der Waals surface area contributed by atoms with Gasteiger partial charge in [0.15, 0.2) is 0 Å². The lowest BCUT2D eigenvalue weighted by molar-refractivity contribution is 0.0530. The molecule has 3 rings (SSSR count). The summed E-state index contributed by atoms with van der Waals surface area (Å²) >= 11 is 0. The molecule has 2 heterocycles. The molecule has 2 aliphatic rings. The van der Waals surface area contributed by atoms with E-state index in [9.17, 15) is 4.79 Å². The Labute approximate surface area is 132 Å². The minimum absolute atomic E-state index is 0.0529. The molecule has 2 amide bonds. The number of benzene rings is 1. The van der Waals surface area contributed by atoms with Crippen LogP contribution in [0.5, 0.6) is 0 Å². The summed E-state index contributed by atoms with van der Waals surface area (Å²) in [5.74, 6) is 0.534. The van der Waals surface area contributed by atoms with Gasteiger partial charge >= 0.3 is 6.03 Å². The molecule has 2 saturated heterocycles. The number of aryl methyl sites for hydroxylation is 1. The van der Waals surface area contributed by atoms with Gasteiger partial charge in [-0.1, -0.05) is 17.7 Å². The fourth-order valence-electron chi connectivity index (χ4n) is 3.10. The van der Waals surface area contributed by atoms with Crippen molar-refractivity contribution in [1.29, 1.82) is 0 Å². The second kappa shape index (κ2) is 7.01. The molecule has 0 bridgehead atoms. The van der Waals surface area contributed by atoms with Gasteiger partial charge in [0.05, 0.1) is 13.2 Å². The first-order valence-electron chi connectivity index (χ1n) is 8.14. The molecule has 2 aliphatic heterocycles. The fraction of sp³-hybridized carbons (Fsp3) is 0.588. The Balaban J connectivity index is 1.44. The number of nitrogens with one attached hydrogen (secondary N) is 1. The third kappa shape index (κ3) is 3.71. The quantitative estimate of drug-likeness (QED) is 0.927. The average Bonchev–Trinajstić information content (AvgIpc) is 3.03. The second-order valence-electron chi connectivity index (χ2n) is 6.22. The number of nitrogens with zero attached hydrogens (tertiary/aromatic N) is 2. The van der Waals surface area contributed by atoms with Crippen molar-refractivity contribution in [3.8, 4) is 0 Å². The monoisotopic (exact) mass is 303 g/mol. The van der Waals surface area contributed by atoms with Crippen LogP contribution in [-0.2, 0) is 4.74 Å². The van der Waals surface area contributed by atoms with Gasteiger partial charge in [0.25, 0.3) is 0 Å². The topological polar surface area (TPSA) is 44.8 Å². The number of hydrogen-bond acceptors (Lipinski definition) is 3. The van der Waals surface area contributed by atoms with E-state index in [0.29, 0.717) is 32.2 Å². The molecule has 22 heavy (non-hydrogen) atoms. The highest BCUT2D eigenvalue weighted by atomic mass is 16.5. The van der Waals surface area contributed by atoms with Crippen molar-refractivity contribution in [2.45, 2.75) is 13.3 Å². The standard InChI is InChI=1S/C17H25N3O2/c1-14-2-4-16(5-3-14)20-7-6-15(13-20)12-18-17(21)19-8-10-22-11-9-19/h2-5,15H,6-13H2,1H3,(H,18,21). The summed E-state index contributed by atoms with van der Waals surface area (Å²) in [6.07, 6.45) is 1.14. The molecular weight excluding hydrogens is 278 g/mol. The lowest BCUT2D eigenvalue weighted by atomic mass is 10.1. The van der Waals surface area contributed by atoms with Crippen LogP contribution in [-0.4, -0.2) is 56.9 Å². The number of rotatable bonds is 3. The molecule has 5 nitrogen and oxygen atoms in total. The molecule has 120 valence electrons. The molecule has 0 radical (unpaired) electrons. The first-order valence-corrected chi connectivity index (χ1v) is 8.14. The van der Waals surface area contributed by atoms with Gasteiger partial charge in [-0.15, -0.1) is 0 Å². The summed E-state index contributed by atoms with van der Waals surface area (Å²) in [7, 11) is 0. The Morgan fingerprint density at radius 2 is 1.95 bits per heavy atom. The molecular formula is C17H25N3O2. The van der Waals surface area contributed by atoms with Crippen LogP contribution in [0.3, 0.4) is 0 Å². The highest BCUT2D eigenvalue weighted by molar-refractivity contribution is 5.74. The van der Waals surface area contributed by atoms with Crippen LogP contribution in [0.1, 0.15) is 12.0 Å². The van der Waals surface area contributed by atoms with Crippen LogP contribution in [0.4, 0.5) is 10.5 Å². The number of carbonyl (C=O) groups is 1. The van der Waals surface area contributed by atoms with E-state index in [-0.39, 0.29) is 6.03 Å². The molecule has 0 aromatic heterocycles. The summed E-state index contributed by atoms with van der Waals surface area (Å²) in [6, 6.07) is 8.73. The summed E-state index contributed by atoms with van der Waals surface area (Å²) in [5, 5.41) is 3.08. The molecule has 1 aromatic carbocycles. The van der Waals surface area contributed by atoms with E-state index in [1.165, 1.54) is 11.3 Å². The second-order valence-corrected chi connectivity index (χ2v) is 6.22. The first kappa shape index (κ1) is 15.2. The fourth-order valence-corrected chi connectivity index (χ4v) is 3.10. The van der Waals surface area contributed by atoms with E-state index in [0.717, 1.165) is 26.1 Å². The lowest BCUT2D eigenvalue weighted by Gasteiger charge is -2.27. The van der Waals surface area contributed by atoms with Crippen LogP contribution >= 0.6 is 0 Å². The van der Waals surface area contributed by atoms with Crippen molar-refractivity contribution in [2.75, 3.05) is 50.8 Å². The largest absolute Gasteiger partial charge is 0.378 e. The molecule has 5 heteroatoms. The number of ether oxygens (including phenoxy) is 1. The van der Waals surface area contributed by atoms with Crippen molar-refractivity contribution in [3.05, 3.63) is 29.8 Å². The van der Waals surface area contributed by atoms with E-state index in [2.05, 4.69) is 41.4 Å². The third-order valence-corrected chi connectivity index (χ3v) is 4.53. The smallest absolute Gasteiger partial charge is 0.317 e. The third-order valence-electron chi connectivity index (χ3n) is 4.53. The number of amides is 2. The highest BCUT2D eigenvalue weighted by Crippen LogP contribution is 2.23. The molecule has 1 N–H and O–H groups in total. The summed E-state index contributed by atoms with van der Waals surface area (Å²) in [6.45, 7) is 7.66. The molecule has 0 spiro atoms. The maximum Gasteiger partial charge on any atom is 0.317 e. The highest BCUT2D eigenvalue weighted by Gasteiger charge is 2.24. The Kier molecular flexibility index (Phi) is 4.83. The normalized spacial score (nSPS) is 22.0. The molecule has 1 aromatic rings. The van der Waals surface area contributed by atoms with Crippen LogP contribution in [0.15, 0.2) is 24.3 Å².